The fourth-order valence-corrected chi connectivity index (χ4v) is 6.33. The highest BCUT2D eigenvalue weighted by Crippen LogP contribution is 2.32. The summed E-state index contributed by atoms with van der Waals surface area (Å²) in [4.78, 5) is 55.6. The molecule has 1 aliphatic heterocycles. The third-order valence-electron chi connectivity index (χ3n) is 8.73. The van der Waals surface area contributed by atoms with Gasteiger partial charge in [-0.1, -0.05) is 25.7 Å². The average molecular weight is 591 g/mol. The summed E-state index contributed by atoms with van der Waals surface area (Å²) in [6.07, 6.45) is 11.8. The zero-order valence-electron chi connectivity index (χ0n) is 25.1. The summed E-state index contributed by atoms with van der Waals surface area (Å²) in [6.45, 7) is 8.13. The van der Waals surface area contributed by atoms with Crippen LogP contribution >= 0.6 is 0 Å². The van der Waals surface area contributed by atoms with Crippen molar-refractivity contribution in [3.8, 4) is 0 Å². The molecule has 1 saturated heterocycles. The van der Waals surface area contributed by atoms with Crippen LogP contribution in [0.4, 0.5) is 17.5 Å². The molecule has 0 spiro atoms. The summed E-state index contributed by atoms with van der Waals surface area (Å²) in [5.41, 5.74) is 3.89. The molecule has 43 heavy (non-hydrogen) atoms. The van der Waals surface area contributed by atoms with Crippen LogP contribution in [-0.2, 0) is 4.79 Å². The summed E-state index contributed by atoms with van der Waals surface area (Å²) in [5.74, 6) is 0.426. The van der Waals surface area contributed by atoms with Crippen molar-refractivity contribution < 1.29 is 14.8 Å². The van der Waals surface area contributed by atoms with E-state index in [-0.39, 0.29) is 28.9 Å². The fraction of sp³-hybridized carbons (Fsp3) is 0.548. The lowest BCUT2D eigenvalue weighted by atomic mass is 10.0. The van der Waals surface area contributed by atoms with Gasteiger partial charge in [0.05, 0.1) is 17.4 Å². The van der Waals surface area contributed by atoms with Crippen LogP contribution < -0.4 is 21.3 Å². The van der Waals surface area contributed by atoms with E-state index in [1.807, 2.05) is 18.3 Å². The number of anilines is 3. The molecule has 2 fully saturated rings. The van der Waals surface area contributed by atoms with E-state index in [0.29, 0.717) is 29.4 Å². The monoisotopic (exact) mass is 590 g/mol. The van der Waals surface area contributed by atoms with Crippen molar-refractivity contribution in [3.05, 3.63) is 46.0 Å². The number of nitrogens with zero attached hydrogens (tertiary/aromatic N) is 6. The number of fused-ring (bicyclic) bond motifs is 1. The molecule has 230 valence electrons. The Morgan fingerprint density at radius 2 is 1.74 bits per heavy atom. The van der Waals surface area contributed by atoms with Gasteiger partial charge in [-0.3, -0.25) is 29.1 Å². The van der Waals surface area contributed by atoms with Gasteiger partial charge >= 0.3 is 0 Å². The molecule has 5 rings (SSSR count). The Balaban J connectivity index is 1.19. The quantitative estimate of drug-likeness (QED) is 0.122. The third-order valence-corrected chi connectivity index (χ3v) is 8.73. The van der Waals surface area contributed by atoms with E-state index in [1.165, 1.54) is 6.92 Å². The molecule has 0 bridgehead atoms. The Morgan fingerprint density at radius 1 is 1.00 bits per heavy atom. The van der Waals surface area contributed by atoms with Gasteiger partial charge in [-0.05, 0) is 63.8 Å². The van der Waals surface area contributed by atoms with Crippen molar-refractivity contribution in [3.63, 3.8) is 0 Å². The smallest absolute Gasteiger partial charge is 0.263 e. The van der Waals surface area contributed by atoms with Gasteiger partial charge < -0.3 is 10.2 Å². The molecule has 1 amide bonds. The molecule has 1 aliphatic carbocycles. The number of rotatable bonds is 12. The highest BCUT2D eigenvalue weighted by molar-refractivity contribution is 5.99. The van der Waals surface area contributed by atoms with Gasteiger partial charge in [0.1, 0.15) is 11.5 Å². The highest BCUT2D eigenvalue weighted by Gasteiger charge is 2.26. The summed E-state index contributed by atoms with van der Waals surface area (Å²) in [6, 6.07) is 3.99. The molecule has 2 aliphatic rings. The number of Topliss-reactive ketones (excluding diaryl/α,β-unsaturated/α-hetero) is 1. The molecule has 0 aromatic carbocycles. The number of carbonyl (C=O) groups is 2. The van der Waals surface area contributed by atoms with E-state index >= 15 is 0 Å². The van der Waals surface area contributed by atoms with Crippen molar-refractivity contribution in [1.29, 1.82) is 0 Å². The first-order valence-corrected chi connectivity index (χ1v) is 15.4. The number of hydrogen-bond donors (Lipinski definition) is 3. The van der Waals surface area contributed by atoms with Gasteiger partial charge in [-0.15, -0.1) is 0 Å². The maximum atomic E-state index is 13.5. The Hall–Kier alpha value is -3.90. The maximum absolute atomic E-state index is 13.5. The maximum Gasteiger partial charge on any atom is 0.263 e. The molecular formula is C31H42N8O4. The van der Waals surface area contributed by atoms with E-state index < -0.39 is 0 Å². The van der Waals surface area contributed by atoms with E-state index in [9.17, 15) is 14.4 Å². The van der Waals surface area contributed by atoms with Crippen LogP contribution in [0, 0.1) is 6.92 Å². The van der Waals surface area contributed by atoms with E-state index in [1.54, 1.807) is 23.2 Å². The molecule has 4 heterocycles. The number of carbonyl (C=O) groups excluding carboxylic acids is 2. The fourth-order valence-electron chi connectivity index (χ4n) is 6.33. The topological polar surface area (TPSA) is 146 Å². The number of ketones is 1. The number of aryl methyl sites for hydroxylation is 1. The number of hydrogen-bond acceptors (Lipinski definition) is 10. The molecule has 3 N–H and O–H groups in total. The van der Waals surface area contributed by atoms with Crippen molar-refractivity contribution in [2.24, 2.45) is 0 Å². The van der Waals surface area contributed by atoms with E-state index in [4.69, 9.17) is 10.2 Å². The predicted octanol–water partition coefficient (Wildman–Crippen LogP) is 4.13. The Kier molecular flexibility index (Phi) is 9.98. The molecule has 12 nitrogen and oxygen atoms in total. The first kappa shape index (κ1) is 30.6. The first-order valence-electron chi connectivity index (χ1n) is 15.4. The first-order chi connectivity index (χ1) is 20.9. The Morgan fingerprint density at radius 3 is 2.42 bits per heavy atom. The van der Waals surface area contributed by atoms with Crippen molar-refractivity contribution in [1.82, 2.24) is 29.9 Å². The number of unbranched alkanes of at least 4 members (excludes halogenated alkanes) is 3. The molecule has 0 radical (unpaired) electrons. The van der Waals surface area contributed by atoms with Crippen LogP contribution in [0.1, 0.15) is 86.7 Å². The van der Waals surface area contributed by atoms with Gasteiger partial charge in [0.25, 0.3) is 5.56 Å². The van der Waals surface area contributed by atoms with Crippen molar-refractivity contribution in [2.45, 2.75) is 77.7 Å². The second kappa shape index (κ2) is 14.0. The summed E-state index contributed by atoms with van der Waals surface area (Å²) >= 11 is 0. The Bertz CT molecular complexity index is 1490. The molecule has 12 heteroatoms. The van der Waals surface area contributed by atoms with Crippen molar-refractivity contribution in [2.75, 3.05) is 42.9 Å². The van der Waals surface area contributed by atoms with Crippen LogP contribution in [0.3, 0.4) is 0 Å². The molecule has 3 aromatic rings. The minimum absolute atomic E-state index is 0.0291. The van der Waals surface area contributed by atoms with Gasteiger partial charge in [0.15, 0.2) is 5.78 Å². The van der Waals surface area contributed by atoms with Crippen LogP contribution in [0.2, 0.25) is 0 Å². The zero-order valence-corrected chi connectivity index (χ0v) is 25.1. The second-order valence-corrected chi connectivity index (χ2v) is 11.7. The van der Waals surface area contributed by atoms with Crippen LogP contribution in [0.15, 0.2) is 29.3 Å². The number of aromatic nitrogens is 4. The number of piperazine rings is 1. The van der Waals surface area contributed by atoms with Gasteiger partial charge in [-0.25, -0.2) is 15.4 Å². The van der Waals surface area contributed by atoms with Crippen LogP contribution in [0.5, 0.6) is 0 Å². The lowest BCUT2D eigenvalue weighted by molar-refractivity contribution is -0.129. The number of amides is 1. The Labute approximate surface area is 251 Å². The summed E-state index contributed by atoms with van der Waals surface area (Å²) in [7, 11) is 0. The molecule has 0 unspecified atom stereocenters. The summed E-state index contributed by atoms with van der Waals surface area (Å²) in [5, 5.41) is 12.5. The minimum Gasteiger partial charge on any atom is -0.368 e. The van der Waals surface area contributed by atoms with Crippen molar-refractivity contribution >= 4 is 40.2 Å². The minimum atomic E-state index is -0.317. The highest BCUT2D eigenvalue weighted by atomic mass is 16.5. The normalized spacial score (nSPS) is 16.1. The standard InChI is InChI=1S/C31H42N8O4/c1-21-25-20-33-31(35-29(25)39(23-9-6-7-10-23)30(42)28(21)22(2)40)34-26-13-12-24(19-32-26)38-17-15-37(16-18-38)14-8-4-3-5-11-27(41)36-43/h12-13,19-20,23,43H,3-11,14-18H2,1-2H3,(H,36,41)(H,32,33,34,35). The van der Waals surface area contributed by atoms with E-state index in [0.717, 1.165) is 95.2 Å². The van der Waals surface area contributed by atoms with E-state index in [2.05, 4.69) is 25.1 Å². The SMILES string of the molecule is CC(=O)c1c(C)c2cnc(Nc3ccc(N4CCN(CCCCCCC(=O)NO)CC4)cn3)nc2n(C2CCCC2)c1=O. The third kappa shape index (κ3) is 7.19. The number of pyridine rings is 2. The van der Waals surface area contributed by atoms with Gasteiger partial charge in [0, 0.05) is 50.2 Å². The molecule has 0 atom stereocenters. The lowest BCUT2D eigenvalue weighted by Gasteiger charge is -2.36. The van der Waals surface area contributed by atoms with Crippen LogP contribution in [0.25, 0.3) is 11.0 Å². The lowest BCUT2D eigenvalue weighted by Crippen LogP contribution is -2.46. The largest absolute Gasteiger partial charge is 0.368 e. The molecule has 1 saturated carbocycles. The number of hydroxylamine groups is 1. The predicted molar refractivity (Wildman–Crippen MR) is 165 cm³/mol. The van der Waals surface area contributed by atoms with Crippen LogP contribution in [-0.4, -0.2) is 74.0 Å². The second-order valence-electron chi connectivity index (χ2n) is 11.7. The van der Waals surface area contributed by atoms with Gasteiger partial charge in [0.2, 0.25) is 11.9 Å². The summed E-state index contributed by atoms with van der Waals surface area (Å²) < 4.78 is 1.72. The molecule has 3 aromatic heterocycles. The zero-order chi connectivity index (χ0) is 30.3. The molecular weight excluding hydrogens is 548 g/mol. The number of nitrogens with one attached hydrogen (secondary N) is 2. The average Bonchev–Trinajstić information content (AvgIpc) is 3.54. The van der Waals surface area contributed by atoms with Gasteiger partial charge in [-0.2, -0.15) is 4.98 Å².